The van der Waals surface area contributed by atoms with Crippen molar-refractivity contribution in [1.82, 2.24) is 0 Å². The van der Waals surface area contributed by atoms with Crippen LogP contribution < -0.4 is 0 Å². The third-order valence-electron chi connectivity index (χ3n) is 1.56. The van der Waals surface area contributed by atoms with E-state index in [1.54, 1.807) is 12.1 Å². The molecule has 0 aliphatic heterocycles. The molecule has 4 nitrogen and oxygen atoms in total. The van der Waals surface area contributed by atoms with Gasteiger partial charge in [-0.1, -0.05) is 28.7 Å². The highest BCUT2D eigenvalue weighted by molar-refractivity contribution is 14.1. The summed E-state index contributed by atoms with van der Waals surface area (Å²) in [6, 6.07) is 6.36. The molecule has 0 heterocycles. The molecule has 1 aromatic carbocycles. The van der Waals surface area contributed by atoms with Crippen LogP contribution in [0.5, 0.6) is 0 Å². The maximum absolute atomic E-state index is 10.5. The minimum atomic E-state index is -0.463. The molecule has 0 radical (unpaired) electrons. The van der Waals surface area contributed by atoms with Gasteiger partial charge in [-0.15, -0.1) is 0 Å². The minimum absolute atomic E-state index is 0.0217. The predicted octanol–water partition coefficient (Wildman–Crippen LogP) is 2.40. The van der Waals surface area contributed by atoms with Gasteiger partial charge in [0.1, 0.15) is 0 Å². The molecule has 0 bridgehead atoms. The van der Waals surface area contributed by atoms with E-state index in [0.29, 0.717) is 15.6 Å². The fraction of sp³-hybridized carbons (Fsp3) is 0.125. The summed E-state index contributed by atoms with van der Waals surface area (Å²) in [5.74, 6) is 0. The van der Waals surface area contributed by atoms with Crippen molar-refractivity contribution in [2.24, 2.45) is 0 Å². The topological polar surface area (TPSA) is 66.9 Å². The molecule has 0 aliphatic rings. The second kappa shape index (κ2) is 4.18. The third kappa shape index (κ3) is 2.15. The molecule has 0 aliphatic carbocycles. The van der Waals surface area contributed by atoms with Crippen LogP contribution in [0.3, 0.4) is 0 Å². The Morgan fingerprint density at radius 1 is 1.62 bits per heavy atom. The number of nitrogens with zero attached hydrogens (tertiary/aromatic N) is 2. The smallest absolute Gasteiger partial charge is 0.258 e. The van der Waals surface area contributed by atoms with Crippen LogP contribution in [0.4, 0.5) is 5.69 Å². The summed E-state index contributed by atoms with van der Waals surface area (Å²) in [5.41, 5.74) is 0.985. The standard InChI is InChI=1S/C8H5IN2O2/c9-4-7-2-1-6(5-10)3-8(7)11(12)13/h1-3H,4H2. The van der Waals surface area contributed by atoms with Crippen molar-refractivity contribution in [2.45, 2.75) is 4.43 Å². The highest BCUT2D eigenvalue weighted by atomic mass is 127. The van der Waals surface area contributed by atoms with Crippen LogP contribution in [-0.4, -0.2) is 4.92 Å². The van der Waals surface area contributed by atoms with Gasteiger partial charge in [0.15, 0.2) is 0 Å². The van der Waals surface area contributed by atoms with E-state index in [-0.39, 0.29) is 5.69 Å². The lowest BCUT2D eigenvalue weighted by Gasteiger charge is -1.97. The van der Waals surface area contributed by atoms with Crippen LogP contribution in [-0.2, 0) is 4.43 Å². The Bertz CT molecular complexity index is 384. The summed E-state index contributed by atoms with van der Waals surface area (Å²) in [6.45, 7) is 0. The average molecular weight is 288 g/mol. The van der Waals surface area contributed by atoms with Crippen LogP contribution in [0, 0.1) is 21.4 Å². The number of halogens is 1. The van der Waals surface area contributed by atoms with Crippen LogP contribution in [0.1, 0.15) is 11.1 Å². The molecule has 0 saturated carbocycles. The number of alkyl halides is 1. The number of hydrogen-bond donors (Lipinski definition) is 0. The molecule has 5 heteroatoms. The van der Waals surface area contributed by atoms with E-state index in [9.17, 15) is 10.1 Å². The molecule has 0 saturated heterocycles. The normalized spacial score (nSPS) is 9.23. The van der Waals surface area contributed by atoms with Crippen molar-refractivity contribution in [1.29, 1.82) is 5.26 Å². The van der Waals surface area contributed by atoms with Gasteiger partial charge >= 0.3 is 0 Å². The largest absolute Gasteiger partial charge is 0.274 e. The maximum Gasteiger partial charge on any atom is 0.274 e. The third-order valence-corrected chi connectivity index (χ3v) is 2.38. The zero-order chi connectivity index (χ0) is 9.84. The average Bonchev–Trinajstić information content (AvgIpc) is 2.16. The number of hydrogen-bond acceptors (Lipinski definition) is 3. The van der Waals surface area contributed by atoms with E-state index in [1.165, 1.54) is 6.07 Å². The van der Waals surface area contributed by atoms with Gasteiger partial charge in [-0.05, 0) is 6.07 Å². The van der Waals surface area contributed by atoms with Gasteiger partial charge in [0.05, 0.1) is 16.6 Å². The van der Waals surface area contributed by atoms with Gasteiger partial charge in [-0.25, -0.2) is 0 Å². The van der Waals surface area contributed by atoms with Crippen molar-refractivity contribution in [3.63, 3.8) is 0 Å². The summed E-state index contributed by atoms with van der Waals surface area (Å²) in [6.07, 6.45) is 0. The second-order valence-electron chi connectivity index (χ2n) is 2.35. The van der Waals surface area contributed by atoms with Gasteiger partial charge in [-0.3, -0.25) is 10.1 Å². The molecule has 66 valence electrons. The summed E-state index contributed by atoms with van der Waals surface area (Å²) >= 11 is 2.05. The molecule has 0 aromatic heterocycles. The lowest BCUT2D eigenvalue weighted by molar-refractivity contribution is -0.385. The van der Waals surface area contributed by atoms with Gasteiger partial charge < -0.3 is 0 Å². The Morgan fingerprint density at radius 3 is 2.77 bits per heavy atom. The molecule has 1 aromatic rings. The fourth-order valence-electron chi connectivity index (χ4n) is 0.916. The number of nitriles is 1. The van der Waals surface area contributed by atoms with Crippen LogP contribution in [0.25, 0.3) is 0 Å². The van der Waals surface area contributed by atoms with Gasteiger partial charge in [0, 0.05) is 16.1 Å². The Hall–Kier alpha value is -1.16. The minimum Gasteiger partial charge on any atom is -0.258 e. The van der Waals surface area contributed by atoms with Gasteiger partial charge in [0.2, 0.25) is 0 Å². The van der Waals surface area contributed by atoms with Crippen molar-refractivity contribution in [3.05, 3.63) is 39.4 Å². The van der Waals surface area contributed by atoms with E-state index in [1.807, 2.05) is 28.7 Å². The molecular weight excluding hydrogens is 283 g/mol. The number of rotatable bonds is 2. The second-order valence-corrected chi connectivity index (χ2v) is 3.11. The monoisotopic (exact) mass is 288 g/mol. The van der Waals surface area contributed by atoms with E-state index >= 15 is 0 Å². The molecule has 0 spiro atoms. The molecule has 1 rings (SSSR count). The molecule has 0 amide bonds. The first kappa shape index (κ1) is 9.92. The fourth-order valence-corrected chi connectivity index (χ4v) is 1.56. The van der Waals surface area contributed by atoms with E-state index in [0.717, 1.165) is 0 Å². The molecular formula is C8H5IN2O2. The SMILES string of the molecule is N#Cc1ccc(CI)c([N+](=O)[O-])c1. The van der Waals surface area contributed by atoms with Gasteiger partial charge in [0.25, 0.3) is 5.69 Å². The summed E-state index contributed by atoms with van der Waals surface area (Å²) in [4.78, 5) is 10.1. The summed E-state index contributed by atoms with van der Waals surface area (Å²) in [5, 5.41) is 19.1. The van der Waals surface area contributed by atoms with Crippen LogP contribution in [0.15, 0.2) is 18.2 Å². The molecule has 0 unspecified atom stereocenters. The molecule has 0 atom stereocenters. The Kier molecular flexibility index (Phi) is 3.19. The Labute approximate surface area is 88.5 Å². The highest BCUT2D eigenvalue weighted by Gasteiger charge is 2.12. The predicted molar refractivity (Wildman–Crippen MR) is 55.5 cm³/mol. The maximum atomic E-state index is 10.5. The van der Waals surface area contributed by atoms with Crippen molar-refractivity contribution < 1.29 is 4.92 Å². The van der Waals surface area contributed by atoms with Crippen molar-refractivity contribution >= 4 is 28.3 Å². The Balaban J connectivity index is 3.28. The number of benzene rings is 1. The zero-order valence-electron chi connectivity index (χ0n) is 6.53. The molecule has 0 fully saturated rings. The lowest BCUT2D eigenvalue weighted by atomic mass is 10.1. The number of nitro groups is 1. The zero-order valence-corrected chi connectivity index (χ0v) is 8.69. The van der Waals surface area contributed by atoms with Gasteiger partial charge in [-0.2, -0.15) is 5.26 Å². The Morgan fingerprint density at radius 2 is 2.31 bits per heavy atom. The summed E-state index contributed by atoms with van der Waals surface area (Å²) in [7, 11) is 0. The van der Waals surface area contributed by atoms with Crippen LogP contribution in [0.2, 0.25) is 0 Å². The van der Waals surface area contributed by atoms with E-state index in [2.05, 4.69) is 0 Å². The molecule has 13 heavy (non-hydrogen) atoms. The highest BCUT2D eigenvalue weighted by Crippen LogP contribution is 2.22. The van der Waals surface area contributed by atoms with E-state index in [4.69, 9.17) is 5.26 Å². The first-order valence-electron chi connectivity index (χ1n) is 3.42. The van der Waals surface area contributed by atoms with Crippen molar-refractivity contribution in [3.8, 4) is 6.07 Å². The molecule has 0 N–H and O–H groups in total. The quantitative estimate of drug-likeness (QED) is 0.363. The summed E-state index contributed by atoms with van der Waals surface area (Å²) < 4.78 is 0.569. The van der Waals surface area contributed by atoms with Crippen molar-refractivity contribution in [2.75, 3.05) is 0 Å². The first-order chi connectivity index (χ1) is 6.19. The first-order valence-corrected chi connectivity index (χ1v) is 4.95. The number of nitro benzene ring substituents is 1. The lowest BCUT2D eigenvalue weighted by Crippen LogP contribution is -1.93. The van der Waals surface area contributed by atoms with Crippen LogP contribution >= 0.6 is 22.6 Å². The van der Waals surface area contributed by atoms with E-state index < -0.39 is 4.92 Å².